The largest absolute Gasteiger partial charge is 0.462 e. The van der Waals surface area contributed by atoms with Crippen LogP contribution in [0.3, 0.4) is 0 Å². The maximum atomic E-state index is 12.7. The zero-order valence-corrected chi connectivity index (χ0v) is 14.7. The van der Waals surface area contributed by atoms with Crippen LogP contribution in [0.1, 0.15) is 22.8 Å². The Morgan fingerprint density at radius 2 is 2.08 bits per heavy atom. The number of aromatic nitrogens is 3. The summed E-state index contributed by atoms with van der Waals surface area (Å²) in [6, 6.07) is 0.759. The number of carbonyl (C=O) groups is 1. The van der Waals surface area contributed by atoms with E-state index in [9.17, 15) is 18.0 Å². The number of esters is 1. The Kier molecular flexibility index (Phi) is 4.97. The average Bonchev–Trinajstić information content (AvgIpc) is 3.01. The van der Waals surface area contributed by atoms with E-state index in [0.29, 0.717) is 16.4 Å². The molecule has 0 saturated carbocycles. The Hall–Kier alpha value is -2.46. The molecule has 0 aromatic carbocycles. The SMILES string of the molecule is CCOC(=O)c1csc2ncnc(Nc3ncc(C(F)(F)F)cc3Cl)c12. The van der Waals surface area contributed by atoms with Gasteiger partial charge in [-0.05, 0) is 13.0 Å². The van der Waals surface area contributed by atoms with E-state index in [2.05, 4.69) is 20.3 Å². The van der Waals surface area contributed by atoms with Gasteiger partial charge in [0.1, 0.15) is 22.8 Å². The van der Waals surface area contributed by atoms with Crippen LogP contribution in [-0.4, -0.2) is 27.5 Å². The number of alkyl halides is 3. The van der Waals surface area contributed by atoms with Crippen LogP contribution in [-0.2, 0) is 10.9 Å². The number of anilines is 2. The number of hydrogen-bond donors (Lipinski definition) is 1. The highest BCUT2D eigenvalue weighted by molar-refractivity contribution is 7.17. The van der Waals surface area contributed by atoms with E-state index >= 15 is 0 Å². The minimum Gasteiger partial charge on any atom is -0.462 e. The number of carbonyl (C=O) groups excluding carboxylic acids is 1. The van der Waals surface area contributed by atoms with Crippen molar-refractivity contribution in [1.29, 1.82) is 0 Å². The predicted molar refractivity (Wildman–Crippen MR) is 90.9 cm³/mol. The van der Waals surface area contributed by atoms with E-state index in [-0.39, 0.29) is 28.8 Å². The van der Waals surface area contributed by atoms with Crippen molar-refractivity contribution >= 4 is 50.8 Å². The number of pyridine rings is 1. The lowest BCUT2D eigenvalue weighted by molar-refractivity contribution is -0.137. The maximum Gasteiger partial charge on any atom is 0.417 e. The summed E-state index contributed by atoms with van der Waals surface area (Å²) in [5.74, 6) is -0.391. The fraction of sp³-hybridized carbons (Fsp3) is 0.200. The van der Waals surface area contributed by atoms with Crippen LogP contribution in [0.2, 0.25) is 5.02 Å². The molecule has 0 saturated heterocycles. The summed E-state index contributed by atoms with van der Waals surface area (Å²) in [7, 11) is 0. The summed E-state index contributed by atoms with van der Waals surface area (Å²) in [5, 5.41) is 4.47. The summed E-state index contributed by atoms with van der Waals surface area (Å²) < 4.78 is 43.1. The van der Waals surface area contributed by atoms with Gasteiger partial charge in [0.15, 0.2) is 0 Å². The van der Waals surface area contributed by atoms with Crippen molar-refractivity contribution in [3.05, 3.63) is 40.1 Å². The number of fused-ring (bicyclic) bond motifs is 1. The Morgan fingerprint density at radius 3 is 2.73 bits per heavy atom. The Bertz CT molecular complexity index is 977. The molecule has 1 N–H and O–H groups in total. The first-order chi connectivity index (χ1) is 12.3. The van der Waals surface area contributed by atoms with Crippen molar-refractivity contribution in [1.82, 2.24) is 15.0 Å². The molecular weight excluding hydrogens is 393 g/mol. The average molecular weight is 403 g/mol. The minimum atomic E-state index is -4.55. The van der Waals surface area contributed by atoms with Crippen molar-refractivity contribution in [2.24, 2.45) is 0 Å². The van der Waals surface area contributed by atoms with E-state index in [1.54, 1.807) is 12.3 Å². The highest BCUT2D eigenvalue weighted by Gasteiger charge is 2.31. The standard InChI is InChI=1S/C15H10ClF3N4O2S/c1-2-25-14(24)8-5-26-13-10(8)12(21-6-22-13)23-11-9(16)3-7(4-20-11)15(17,18)19/h3-6H,2H2,1H3,(H,20,21,22,23). The number of hydrogen-bond acceptors (Lipinski definition) is 7. The molecule has 0 unspecified atom stereocenters. The van der Waals surface area contributed by atoms with Gasteiger partial charge in [-0.1, -0.05) is 11.6 Å². The van der Waals surface area contributed by atoms with Gasteiger partial charge in [-0.15, -0.1) is 11.3 Å². The molecule has 3 heterocycles. The molecule has 0 fully saturated rings. The zero-order valence-electron chi connectivity index (χ0n) is 13.1. The molecule has 0 aliphatic heterocycles. The van der Waals surface area contributed by atoms with E-state index in [4.69, 9.17) is 16.3 Å². The van der Waals surface area contributed by atoms with Gasteiger partial charge in [-0.25, -0.2) is 19.7 Å². The smallest absolute Gasteiger partial charge is 0.417 e. The van der Waals surface area contributed by atoms with E-state index in [1.165, 1.54) is 17.7 Å². The second kappa shape index (κ2) is 7.04. The molecule has 3 aromatic heterocycles. The number of halogens is 4. The first kappa shape index (κ1) is 18.3. The summed E-state index contributed by atoms with van der Waals surface area (Å²) in [6.07, 6.45) is -2.64. The number of nitrogens with zero attached hydrogens (tertiary/aromatic N) is 3. The molecular formula is C15H10ClF3N4O2S. The normalized spacial score (nSPS) is 11.6. The first-order valence-corrected chi connectivity index (χ1v) is 8.46. The summed E-state index contributed by atoms with van der Waals surface area (Å²) in [4.78, 5) is 24.4. The lowest BCUT2D eigenvalue weighted by Crippen LogP contribution is -2.08. The number of ether oxygens (including phenoxy) is 1. The molecule has 11 heteroatoms. The summed E-state index contributed by atoms with van der Waals surface area (Å²) >= 11 is 7.11. The van der Waals surface area contributed by atoms with Gasteiger partial charge < -0.3 is 10.1 Å². The summed E-state index contributed by atoms with van der Waals surface area (Å²) in [5.41, 5.74) is -0.721. The van der Waals surface area contributed by atoms with Crippen LogP contribution < -0.4 is 5.32 Å². The number of thiophene rings is 1. The van der Waals surface area contributed by atoms with E-state index < -0.39 is 17.7 Å². The van der Waals surface area contributed by atoms with Gasteiger partial charge >= 0.3 is 12.1 Å². The second-order valence-corrected chi connectivity index (χ2v) is 6.21. The molecule has 6 nitrogen and oxygen atoms in total. The molecule has 0 amide bonds. The fourth-order valence-electron chi connectivity index (χ4n) is 2.13. The van der Waals surface area contributed by atoms with Gasteiger partial charge in [0.2, 0.25) is 0 Å². The minimum absolute atomic E-state index is 0.0272. The van der Waals surface area contributed by atoms with Gasteiger partial charge in [0.25, 0.3) is 0 Å². The van der Waals surface area contributed by atoms with Gasteiger partial charge in [-0.3, -0.25) is 0 Å². The van der Waals surface area contributed by atoms with Crippen LogP contribution in [0.5, 0.6) is 0 Å². The molecule has 3 aromatic rings. The van der Waals surface area contributed by atoms with Crippen molar-refractivity contribution in [2.75, 3.05) is 11.9 Å². The van der Waals surface area contributed by atoms with Crippen molar-refractivity contribution in [2.45, 2.75) is 13.1 Å². The lowest BCUT2D eigenvalue weighted by Gasteiger charge is -2.11. The quantitative estimate of drug-likeness (QED) is 0.638. The third kappa shape index (κ3) is 3.56. The maximum absolute atomic E-state index is 12.7. The van der Waals surface area contributed by atoms with Gasteiger partial charge in [0, 0.05) is 11.6 Å². The van der Waals surface area contributed by atoms with Crippen LogP contribution in [0, 0.1) is 0 Å². The Balaban J connectivity index is 2.02. The fourth-order valence-corrected chi connectivity index (χ4v) is 3.22. The van der Waals surface area contributed by atoms with Crippen molar-refractivity contribution < 1.29 is 22.7 Å². The van der Waals surface area contributed by atoms with Crippen molar-refractivity contribution in [3.8, 4) is 0 Å². The Labute approximate surface area is 154 Å². The van der Waals surface area contributed by atoms with E-state index in [1.807, 2.05) is 0 Å². The molecule has 0 aliphatic rings. The monoisotopic (exact) mass is 402 g/mol. The highest BCUT2D eigenvalue weighted by Crippen LogP contribution is 2.35. The number of nitrogens with one attached hydrogen (secondary N) is 1. The molecule has 0 atom stereocenters. The second-order valence-electron chi connectivity index (χ2n) is 4.95. The van der Waals surface area contributed by atoms with Crippen LogP contribution in [0.25, 0.3) is 10.2 Å². The third-order valence-corrected chi connectivity index (χ3v) is 4.45. The van der Waals surface area contributed by atoms with Crippen LogP contribution in [0.4, 0.5) is 24.8 Å². The molecule has 26 heavy (non-hydrogen) atoms. The number of rotatable bonds is 4. The van der Waals surface area contributed by atoms with Crippen LogP contribution in [0.15, 0.2) is 24.0 Å². The van der Waals surface area contributed by atoms with Crippen molar-refractivity contribution in [3.63, 3.8) is 0 Å². The lowest BCUT2D eigenvalue weighted by atomic mass is 10.2. The molecule has 0 bridgehead atoms. The molecule has 0 spiro atoms. The highest BCUT2D eigenvalue weighted by atomic mass is 35.5. The Morgan fingerprint density at radius 1 is 1.31 bits per heavy atom. The van der Waals surface area contributed by atoms with Gasteiger partial charge in [-0.2, -0.15) is 13.2 Å². The van der Waals surface area contributed by atoms with Gasteiger partial charge in [0.05, 0.1) is 28.1 Å². The first-order valence-electron chi connectivity index (χ1n) is 7.20. The predicted octanol–water partition coefficient (Wildman–Crippen LogP) is 4.68. The molecule has 0 radical (unpaired) electrons. The zero-order chi connectivity index (χ0) is 18.9. The molecule has 3 rings (SSSR count). The van der Waals surface area contributed by atoms with E-state index in [0.717, 1.165) is 6.07 Å². The molecule has 0 aliphatic carbocycles. The topological polar surface area (TPSA) is 77.0 Å². The van der Waals surface area contributed by atoms with Crippen LogP contribution >= 0.6 is 22.9 Å². The third-order valence-electron chi connectivity index (χ3n) is 3.27. The summed E-state index contributed by atoms with van der Waals surface area (Å²) in [6.45, 7) is 1.87. The molecule has 136 valence electrons.